The van der Waals surface area contributed by atoms with Gasteiger partial charge in [-0.1, -0.05) is 0 Å². The second kappa shape index (κ2) is 6.39. The van der Waals surface area contributed by atoms with Gasteiger partial charge in [-0.25, -0.2) is 9.78 Å². The summed E-state index contributed by atoms with van der Waals surface area (Å²) < 4.78 is 37.7. The SMILES string of the molecule is O=C(O)N1CCCC[C@@H]1c1csc(-c2ccc(C(F)(F)F)cn2)n1. The molecule has 1 fully saturated rings. The van der Waals surface area contributed by atoms with E-state index in [0.717, 1.165) is 25.1 Å². The van der Waals surface area contributed by atoms with Crippen LogP contribution in [-0.4, -0.2) is 32.6 Å². The lowest BCUT2D eigenvalue weighted by molar-refractivity contribution is -0.137. The molecule has 1 saturated heterocycles. The summed E-state index contributed by atoms with van der Waals surface area (Å²) in [5.41, 5.74) is 0.156. The van der Waals surface area contributed by atoms with Crippen molar-refractivity contribution in [2.24, 2.45) is 0 Å². The number of carboxylic acid groups (broad SMARTS) is 1. The molecule has 2 aromatic heterocycles. The van der Waals surface area contributed by atoms with Gasteiger partial charge in [0, 0.05) is 18.1 Å². The van der Waals surface area contributed by atoms with E-state index in [1.54, 1.807) is 5.38 Å². The van der Waals surface area contributed by atoms with E-state index in [1.807, 2.05) is 0 Å². The summed E-state index contributed by atoms with van der Waals surface area (Å²) in [6.07, 6.45) is -2.21. The van der Waals surface area contributed by atoms with Gasteiger partial charge in [0.25, 0.3) is 0 Å². The normalized spacial score (nSPS) is 18.6. The molecule has 24 heavy (non-hydrogen) atoms. The Bertz CT molecular complexity index is 730. The van der Waals surface area contributed by atoms with E-state index >= 15 is 0 Å². The quantitative estimate of drug-likeness (QED) is 0.863. The third-order valence-corrected chi connectivity index (χ3v) is 4.80. The third-order valence-electron chi connectivity index (χ3n) is 3.92. The number of amides is 1. The van der Waals surface area contributed by atoms with Crippen LogP contribution in [0.3, 0.4) is 0 Å². The number of likely N-dealkylation sites (tertiary alicyclic amines) is 1. The van der Waals surface area contributed by atoms with E-state index in [-0.39, 0.29) is 6.04 Å². The predicted octanol–water partition coefficient (Wildman–Crippen LogP) is 4.43. The number of rotatable bonds is 2. The van der Waals surface area contributed by atoms with Crippen LogP contribution in [0.4, 0.5) is 18.0 Å². The van der Waals surface area contributed by atoms with E-state index in [0.29, 0.717) is 29.4 Å². The first-order valence-corrected chi connectivity index (χ1v) is 8.23. The van der Waals surface area contributed by atoms with Crippen molar-refractivity contribution < 1.29 is 23.1 Å². The van der Waals surface area contributed by atoms with Crippen molar-refractivity contribution in [1.82, 2.24) is 14.9 Å². The van der Waals surface area contributed by atoms with E-state index in [1.165, 1.54) is 22.3 Å². The highest BCUT2D eigenvalue weighted by Gasteiger charge is 2.31. The minimum absolute atomic E-state index is 0.310. The number of nitrogens with zero attached hydrogens (tertiary/aromatic N) is 3. The Labute approximate surface area is 139 Å². The summed E-state index contributed by atoms with van der Waals surface area (Å²) in [5.74, 6) is 0. The number of carbonyl (C=O) groups is 1. The molecule has 1 aliphatic rings. The molecule has 3 heterocycles. The smallest absolute Gasteiger partial charge is 0.417 e. The molecule has 5 nitrogen and oxygen atoms in total. The van der Waals surface area contributed by atoms with Gasteiger partial charge in [0.2, 0.25) is 0 Å². The molecule has 128 valence electrons. The molecule has 1 atom stereocenters. The molecule has 0 aromatic carbocycles. The summed E-state index contributed by atoms with van der Waals surface area (Å²) in [4.78, 5) is 20.9. The average molecular weight is 357 g/mol. The predicted molar refractivity (Wildman–Crippen MR) is 81.7 cm³/mol. The van der Waals surface area contributed by atoms with Crippen molar-refractivity contribution in [3.05, 3.63) is 35.0 Å². The van der Waals surface area contributed by atoms with Gasteiger partial charge >= 0.3 is 12.3 Å². The first-order chi connectivity index (χ1) is 11.4. The van der Waals surface area contributed by atoms with Crippen molar-refractivity contribution in [3.63, 3.8) is 0 Å². The summed E-state index contributed by atoms with van der Waals surface area (Å²) in [6, 6.07) is 1.94. The number of alkyl halides is 3. The van der Waals surface area contributed by atoms with Crippen molar-refractivity contribution >= 4 is 17.4 Å². The Morgan fingerprint density at radius 1 is 1.33 bits per heavy atom. The number of pyridine rings is 1. The summed E-state index contributed by atoms with van der Waals surface area (Å²) in [5, 5.41) is 11.5. The van der Waals surface area contributed by atoms with E-state index in [4.69, 9.17) is 0 Å². The number of thiazole rings is 1. The number of hydrogen-bond donors (Lipinski definition) is 1. The fourth-order valence-electron chi connectivity index (χ4n) is 2.71. The zero-order chi connectivity index (χ0) is 17.3. The topological polar surface area (TPSA) is 66.3 Å². The lowest BCUT2D eigenvalue weighted by Crippen LogP contribution is -2.37. The van der Waals surface area contributed by atoms with Crippen LogP contribution in [0.25, 0.3) is 10.7 Å². The summed E-state index contributed by atoms with van der Waals surface area (Å²) in [6.45, 7) is 0.464. The fourth-order valence-corrected chi connectivity index (χ4v) is 3.55. The van der Waals surface area contributed by atoms with Gasteiger partial charge in [-0.05, 0) is 31.4 Å². The summed E-state index contributed by atoms with van der Waals surface area (Å²) in [7, 11) is 0. The molecule has 0 spiro atoms. The lowest BCUT2D eigenvalue weighted by Gasteiger charge is -2.32. The van der Waals surface area contributed by atoms with Gasteiger partial charge in [-0.3, -0.25) is 9.88 Å². The van der Waals surface area contributed by atoms with Crippen molar-refractivity contribution in [3.8, 4) is 10.7 Å². The molecule has 3 rings (SSSR count). The maximum absolute atomic E-state index is 12.6. The fraction of sp³-hybridized carbons (Fsp3) is 0.400. The highest BCUT2D eigenvalue weighted by atomic mass is 32.1. The largest absolute Gasteiger partial charge is 0.465 e. The van der Waals surface area contributed by atoms with Crippen LogP contribution in [0.15, 0.2) is 23.7 Å². The molecule has 9 heteroatoms. The monoisotopic (exact) mass is 357 g/mol. The second-order valence-corrected chi connectivity index (χ2v) is 6.35. The van der Waals surface area contributed by atoms with Crippen LogP contribution in [0, 0.1) is 0 Å². The standard InChI is InChI=1S/C15H14F3N3O2S/c16-15(17,18)9-4-5-10(19-7-9)13-20-11(8-24-13)12-3-1-2-6-21(12)14(22)23/h4-5,7-8,12H,1-3,6H2,(H,22,23)/t12-/m1/s1. The molecule has 0 radical (unpaired) electrons. The molecule has 2 aromatic rings. The number of halogens is 3. The second-order valence-electron chi connectivity index (χ2n) is 5.49. The zero-order valence-electron chi connectivity index (χ0n) is 12.5. The van der Waals surface area contributed by atoms with Crippen LogP contribution >= 0.6 is 11.3 Å². The van der Waals surface area contributed by atoms with Crippen LogP contribution < -0.4 is 0 Å². The van der Waals surface area contributed by atoms with Crippen LogP contribution in [0.2, 0.25) is 0 Å². The first-order valence-electron chi connectivity index (χ1n) is 7.35. The van der Waals surface area contributed by atoms with Crippen LogP contribution in [0.5, 0.6) is 0 Å². The van der Waals surface area contributed by atoms with E-state index < -0.39 is 17.8 Å². The molecule has 0 unspecified atom stereocenters. The van der Waals surface area contributed by atoms with Gasteiger partial charge < -0.3 is 5.11 Å². The molecule has 0 bridgehead atoms. The molecule has 1 amide bonds. The van der Waals surface area contributed by atoms with Gasteiger partial charge in [0.1, 0.15) is 5.01 Å². The third kappa shape index (κ3) is 3.35. The van der Waals surface area contributed by atoms with Crippen LogP contribution in [-0.2, 0) is 6.18 Å². The number of aromatic nitrogens is 2. The maximum atomic E-state index is 12.6. The Kier molecular flexibility index (Phi) is 4.44. The molecule has 0 aliphatic carbocycles. The Hall–Kier alpha value is -2.16. The van der Waals surface area contributed by atoms with E-state index in [2.05, 4.69) is 9.97 Å². The van der Waals surface area contributed by atoms with E-state index in [9.17, 15) is 23.1 Å². The molecule has 1 aliphatic heterocycles. The number of piperidine rings is 1. The molecular weight excluding hydrogens is 343 g/mol. The van der Waals surface area contributed by atoms with Gasteiger partial charge in [0.05, 0.1) is 23.0 Å². The van der Waals surface area contributed by atoms with Gasteiger partial charge in [-0.2, -0.15) is 13.2 Å². The molecule has 0 saturated carbocycles. The van der Waals surface area contributed by atoms with Gasteiger partial charge in [0.15, 0.2) is 0 Å². The minimum Gasteiger partial charge on any atom is -0.465 e. The Morgan fingerprint density at radius 3 is 2.75 bits per heavy atom. The van der Waals surface area contributed by atoms with Gasteiger partial charge in [-0.15, -0.1) is 11.3 Å². The Morgan fingerprint density at radius 2 is 2.12 bits per heavy atom. The highest BCUT2D eigenvalue weighted by Crippen LogP contribution is 2.34. The molecule has 1 N–H and O–H groups in total. The number of hydrogen-bond acceptors (Lipinski definition) is 4. The Balaban J connectivity index is 1.83. The summed E-state index contributed by atoms with van der Waals surface area (Å²) >= 11 is 1.25. The minimum atomic E-state index is -4.43. The lowest BCUT2D eigenvalue weighted by atomic mass is 10.0. The first kappa shape index (κ1) is 16.7. The van der Waals surface area contributed by atoms with Crippen molar-refractivity contribution in [2.75, 3.05) is 6.54 Å². The molecular formula is C15H14F3N3O2S. The zero-order valence-corrected chi connectivity index (χ0v) is 13.3. The van der Waals surface area contributed by atoms with Crippen molar-refractivity contribution in [2.45, 2.75) is 31.5 Å². The van der Waals surface area contributed by atoms with Crippen LogP contribution in [0.1, 0.15) is 36.6 Å². The van der Waals surface area contributed by atoms with Crippen molar-refractivity contribution in [1.29, 1.82) is 0 Å². The maximum Gasteiger partial charge on any atom is 0.417 e. The highest BCUT2D eigenvalue weighted by molar-refractivity contribution is 7.13. The average Bonchev–Trinajstić information content (AvgIpc) is 3.04.